The highest BCUT2D eigenvalue weighted by atomic mass is 32.3. The fourth-order valence-electron chi connectivity index (χ4n) is 0.738. The van der Waals surface area contributed by atoms with Crippen LogP contribution < -0.4 is 11.1 Å². The number of guanidine groups is 1. The Labute approximate surface area is 99.3 Å². The predicted molar refractivity (Wildman–Crippen MR) is 61.4 cm³/mol. The number of nitrogens with one attached hydrogen (secondary N) is 2. The van der Waals surface area contributed by atoms with Crippen LogP contribution in [-0.4, -0.2) is 30.1 Å². The van der Waals surface area contributed by atoms with Crippen molar-refractivity contribution in [2.24, 2.45) is 5.73 Å². The molecular weight excluding hydrogens is 248 g/mol. The van der Waals surface area contributed by atoms with Crippen molar-refractivity contribution >= 4 is 16.4 Å². The first-order valence-electron chi connectivity index (χ1n) is 4.42. The van der Waals surface area contributed by atoms with Gasteiger partial charge in [0.2, 0.25) is 0 Å². The van der Waals surface area contributed by atoms with E-state index in [1.807, 2.05) is 18.2 Å². The van der Waals surface area contributed by atoms with Gasteiger partial charge in [-0.05, 0) is 19.1 Å². The van der Waals surface area contributed by atoms with Gasteiger partial charge < -0.3 is 11.1 Å². The smallest absolute Gasteiger partial charge is 0.370 e. The Bertz CT molecular complexity index is 396. The molecule has 0 aliphatic carbocycles. The third-order valence-electron chi connectivity index (χ3n) is 1.19. The molecule has 0 saturated carbocycles. The second-order valence-corrected chi connectivity index (χ2v) is 3.80. The predicted octanol–water partition coefficient (Wildman–Crippen LogP) is -0.284. The summed E-state index contributed by atoms with van der Waals surface area (Å²) >= 11 is 0. The van der Waals surface area contributed by atoms with Crippen molar-refractivity contribution in [1.82, 2.24) is 10.3 Å². The lowest BCUT2D eigenvalue weighted by molar-refractivity contribution is 0.185. The maximum atomic E-state index is 10.0. The Hall–Kier alpha value is -1.71. The van der Waals surface area contributed by atoms with E-state index < -0.39 is 22.6 Å². The number of hydrogen-bond acceptors (Lipinski definition) is 5. The van der Waals surface area contributed by atoms with Crippen molar-refractivity contribution in [3.05, 3.63) is 30.6 Å². The highest BCUT2D eigenvalue weighted by molar-refractivity contribution is 7.80. The molecule has 0 bridgehead atoms. The SMILES string of the molecule is CC(NC(=N)N)OS(=O)(=O)O.c1ccncc1. The van der Waals surface area contributed by atoms with Gasteiger partial charge in [-0.3, -0.25) is 14.9 Å². The fourth-order valence-corrected chi connectivity index (χ4v) is 1.15. The summed E-state index contributed by atoms with van der Waals surface area (Å²) < 4.78 is 32.1. The summed E-state index contributed by atoms with van der Waals surface area (Å²) in [6.07, 6.45) is 2.45. The molecule has 0 spiro atoms. The lowest BCUT2D eigenvalue weighted by Crippen LogP contribution is -2.39. The monoisotopic (exact) mass is 262 g/mol. The Morgan fingerprint density at radius 3 is 2.24 bits per heavy atom. The van der Waals surface area contributed by atoms with Crippen LogP contribution in [0.2, 0.25) is 0 Å². The minimum Gasteiger partial charge on any atom is -0.370 e. The molecule has 0 fully saturated rings. The van der Waals surface area contributed by atoms with E-state index in [1.54, 1.807) is 12.4 Å². The fraction of sp³-hybridized carbons (Fsp3) is 0.250. The van der Waals surface area contributed by atoms with E-state index in [-0.39, 0.29) is 0 Å². The molecule has 1 aromatic rings. The molecular formula is C8H14N4O4S. The Morgan fingerprint density at radius 2 is 2.00 bits per heavy atom. The van der Waals surface area contributed by atoms with Crippen molar-refractivity contribution in [2.45, 2.75) is 13.2 Å². The number of pyridine rings is 1. The van der Waals surface area contributed by atoms with Crippen molar-refractivity contribution in [2.75, 3.05) is 0 Å². The summed E-state index contributed by atoms with van der Waals surface area (Å²) in [6.45, 7) is 1.27. The standard InChI is InChI=1S/C5H5N.C3H9N3O4S/c1-2-4-6-5-3-1;1-2(6-3(4)5)10-11(7,8)9/h1-5H;2H,1H3,(H4,4,5,6)(H,7,8,9). The zero-order valence-corrected chi connectivity index (χ0v) is 9.89. The number of nitrogens with zero attached hydrogens (tertiary/aromatic N) is 1. The molecule has 1 heterocycles. The van der Waals surface area contributed by atoms with E-state index in [1.165, 1.54) is 6.92 Å². The molecule has 9 heteroatoms. The first-order chi connectivity index (χ1) is 7.81. The number of aromatic nitrogens is 1. The van der Waals surface area contributed by atoms with Gasteiger partial charge in [0.1, 0.15) is 6.23 Å². The van der Waals surface area contributed by atoms with Crippen molar-refractivity contribution < 1.29 is 17.2 Å². The van der Waals surface area contributed by atoms with Crippen LogP contribution in [0.5, 0.6) is 0 Å². The lowest BCUT2D eigenvalue weighted by atomic mass is 10.5. The van der Waals surface area contributed by atoms with Gasteiger partial charge in [0.25, 0.3) is 0 Å². The average Bonchev–Trinajstić information content (AvgIpc) is 2.16. The van der Waals surface area contributed by atoms with Gasteiger partial charge in [-0.2, -0.15) is 8.42 Å². The summed E-state index contributed by atoms with van der Waals surface area (Å²) in [6, 6.07) is 5.72. The average molecular weight is 262 g/mol. The molecule has 0 aromatic carbocycles. The molecule has 1 atom stereocenters. The zero-order chi connectivity index (χ0) is 13.3. The first kappa shape index (κ1) is 15.3. The molecule has 8 nitrogen and oxygen atoms in total. The number of nitrogens with two attached hydrogens (primary N) is 1. The lowest BCUT2D eigenvalue weighted by Gasteiger charge is -2.10. The molecule has 1 aromatic heterocycles. The third-order valence-corrected chi connectivity index (χ3v) is 1.72. The molecule has 0 radical (unpaired) electrons. The minimum atomic E-state index is -4.48. The van der Waals surface area contributed by atoms with Gasteiger partial charge in [-0.25, -0.2) is 4.18 Å². The van der Waals surface area contributed by atoms with E-state index in [0.29, 0.717) is 0 Å². The second kappa shape index (κ2) is 7.54. The maximum Gasteiger partial charge on any atom is 0.399 e. The summed E-state index contributed by atoms with van der Waals surface area (Å²) in [5.74, 6) is -0.443. The van der Waals surface area contributed by atoms with E-state index in [2.05, 4.69) is 14.5 Å². The summed E-state index contributed by atoms with van der Waals surface area (Å²) in [5.41, 5.74) is 4.83. The highest BCUT2D eigenvalue weighted by Gasteiger charge is 2.11. The van der Waals surface area contributed by atoms with Gasteiger partial charge >= 0.3 is 10.4 Å². The van der Waals surface area contributed by atoms with E-state index in [9.17, 15) is 8.42 Å². The van der Waals surface area contributed by atoms with Crippen LogP contribution in [0.15, 0.2) is 30.6 Å². The molecule has 96 valence electrons. The molecule has 5 N–H and O–H groups in total. The molecule has 17 heavy (non-hydrogen) atoms. The number of hydrogen-bond donors (Lipinski definition) is 4. The molecule has 0 aliphatic heterocycles. The quantitative estimate of drug-likeness (QED) is 0.254. The van der Waals surface area contributed by atoms with E-state index in [0.717, 1.165) is 0 Å². The van der Waals surface area contributed by atoms with Gasteiger partial charge in [0, 0.05) is 12.4 Å². The second-order valence-electron chi connectivity index (χ2n) is 2.75. The van der Waals surface area contributed by atoms with Crippen LogP contribution in [0, 0.1) is 5.41 Å². The number of rotatable bonds is 3. The Balaban J connectivity index is 0.000000354. The molecule has 1 unspecified atom stereocenters. The zero-order valence-electron chi connectivity index (χ0n) is 9.07. The Morgan fingerprint density at radius 1 is 1.47 bits per heavy atom. The maximum absolute atomic E-state index is 10.0. The van der Waals surface area contributed by atoms with Gasteiger partial charge in [-0.1, -0.05) is 6.07 Å². The van der Waals surface area contributed by atoms with Crippen molar-refractivity contribution in [1.29, 1.82) is 5.41 Å². The van der Waals surface area contributed by atoms with Crippen molar-refractivity contribution in [3.63, 3.8) is 0 Å². The molecule has 0 saturated heterocycles. The molecule has 0 amide bonds. The molecule has 0 aliphatic rings. The highest BCUT2D eigenvalue weighted by Crippen LogP contribution is 1.91. The summed E-state index contributed by atoms with van der Waals surface area (Å²) in [4.78, 5) is 3.78. The van der Waals surface area contributed by atoms with Gasteiger partial charge in [0.05, 0.1) is 0 Å². The molecule has 1 rings (SSSR count). The third kappa shape index (κ3) is 12.2. The van der Waals surface area contributed by atoms with Gasteiger partial charge in [-0.15, -0.1) is 0 Å². The minimum absolute atomic E-state index is 0.443. The van der Waals surface area contributed by atoms with Crippen LogP contribution >= 0.6 is 0 Å². The first-order valence-corrected chi connectivity index (χ1v) is 5.79. The van der Waals surface area contributed by atoms with Crippen molar-refractivity contribution in [3.8, 4) is 0 Å². The summed E-state index contributed by atoms with van der Waals surface area (Å²) in [5, 5.41) is 8.74. The Kier molecular flexibility index (Phi) is 6.79. The van der Waals surface area contributed by atoms with Crippen LogP contribution in [-0.2, 0) is 14.6 Å². The topological polar surface area (TPSA) is 138 Å². The van der Waals surface area contributed by atoms with Crippen LogP contribution in [0.3, 0.4) is 0 Å². The van der Waals surface area contributed by atoms with E-state index in [4.69, 9.17) is 15.7 Å². The van der Waals surface area contributed by atoms with Crippen LogP contribution in [0.1, 0.15) is 6.92 Å². The van der Waals surface area contributed by atoms with Crippen LogP contribution in [0.25, 0.3) is 0 Å². The van der Waals surface area contributed by atoms with Gasteiger partial charge in [0.15, 0.2) is 5.96 Å². The normalized spacial score (nSPS) is 11.9. The largest absolute Gasteiger partial charge is 0.399 e. The summed E-state index contributed by atoms with van der Waals surface area (Å²) in [7, 11) is -4.48. The van der Waals surface area contributed by atoms with E-state index >= 15 is 0 Å². The van der Waals surface area contributed by atoms with Crippen LogP contribution in [0.4, 0.5) is 0 Å².